The van der Waals surface area contributed by atoms with Crippen LogP contribution in [0.2, 0.25) is 0 Å². The molecule has 3 rings (SSSR count). The molecule has 16 heavy (non-hydrogen) atoms. The number of carbonyl (C=O) groups excluding carboxylic acids is 1. The smallest absolute Gasteiger partial charge is 0.139 e. The zero-order valence-corrected chi connectivity index (χ0v) is 10.9. The Morgan fingerprint density at radius 2 is 2.00 bits per heavy atom. The van der Waals surface area contributed by atoms with Crippen LogP contribution in [0, 0.1) is 22.2 Å². The lowest BCUT2D eigenvalue weighted by Crippen LogP contribution is -2.42. The van der Waals surface area contributed by atoms with E-state index in [9.17, 15) is 4.79 Å². The molecule has 0 aliphatic heterocycles. The van der Waals surface area contributed by atoms with Crippen molar-refractivity contribution in [2.45, 2.75) is 53.4 Å². The normalized spacial score (nSPS) is 49.1. The highest BCUT2D eigenvalue weighted by atomic mass is 16.1. The topological polar surface area (TPSA) is 17.1 Å². The fourth-order valence-corrected chi connectivity index (χ4v) is 4.62. The van der Waals surface area contributed by atoms with Crippen LogP contribution in [-0.2, 0) is 4.79 Å². The maximum Gasteiger partial charge on any atom is 0.139 e. The van der Waals surface area contributed by atoms with Crippen molar-refractivity contribution in [3.63, 3.8) is 0 Å². The van der Waals surface area contributed by atoms with Crippen molar-refractivity contribution >= 4 is 5.78 Å². The van der Waals surface area contributed by atoms with Gasteiger partial charge in [0.1, 0.15) is 5.78 Å². The molecule has 3 unspecified atom stereocenters. The molecule has 0 aromatic carbocycles. The van der Waals surface area contributed by atoms with Crippen LogP contribution < -0.4 is 0 Å². The van der Waals surface area contributed by atoms with Gasteiger partial charge in [0.05, 0.1) is 0 Å². The Morgan fingerprint density at radius 3 is 2.38 bits per heavy atom. The summed E-state index contributed by atoms with van der Waals surface area (Å²) in [5.74, 6) is 1.28. The number of allylic oxidation sites excluding steroid dienone is 2. The molecular weight excluding hydrogens is 196 g/mol. The molecule has 3 aliphatic carbocycles. The summed E-state index contributed by atoms with van der Waals surface area (Å²) in [5, 5.41) is 0. The number of carbonyl (C=O) groups is 1. The first-order valence-corrected chi connectivity index (χ1v) is 6.55. The van der Waals surface area contributed by atoms with E-state index in [0.717, 1.165) is 18.8 Å². The van der Waals surface area contributed by atoms with Crippen LogP contribution in [-0.4, -0.2) is 5.78 Å². The molecule has 0 aromatic rings. The van der Waals surface area contributed by atoms with E-state index in [4.69, 9.17) is 0 Å². The van der Waals surface area contributed by atoms with Gasteiger partial charge >= 0.3 is 0 Å². The van der Waals surface area contributed by atoms with E-state index in [1.54, 1.807) is 5.57 Å². The van der Waals surface area contributed by atoms with Crippen molar-refractivity contribution in [2.75, 3.05) is 0 Å². The Hall–Kier alpha value is -0.590. The number of rotatable bonds is 1. The van der Waals surface area contributed by atoms with Crippen LogP contribution in [0.3, 0.4) is 0 Å². The third-order valence-electron chi connectivity index (χ3n) is 6.44. The first-order valence-electron chi connectivity index (χ1n) is 6.55. The number of Topliss-reactive ketones (excluding diaryl/α,β-unsaturated/α-hetero) is 1. The molecule has 1 nitrogen and oxygen atoms in total. The molecule has 0 N–H and O–H groups in total. The third-order valence-corrected chi connectivity index (χ3v) is 6.44. The van der Waals surface area contributed by atoms with Crippen molar-refractivity contribution in [3.8, 4) is 0 Å². The Morgan fingerprint density at radius 1 is 1.31 bits per heavy atom. The molecule has 0 aromatic heterocycles. The highest BCUT2D eigenvalue weighted by molar-refractivity contribution is 5.87. The predicted octanol–water partition coefficient (Wildman–Crippen LogP) is 3.74. The van der Waals surface area contributed by atoms with Crippen LogP contribution in [0.1, 0.15) is 53.4 Å². The summed E-state index contributed by atoms with van der Waals surface area (Å²) < 4.78 is 0. The zero-order chi connectivity index (χ0) is 11.8. The SMILES string of the molecule is CC1=CCC2(C3(C)CCC(=O)C3(C)C)CC12. The van der Waals surface area contributed by atoms with Gasteiger partial charge in [-0.3, -0.25) is 4.79 Å². The monoisotopic (exact) mass is 218 g/mol. The molecule has 3 aliphatic rings. The van der Waals surface area contributed by atoms with Crippen LogP contribution in [0.25, 0.3) is 0 Å². The van der Waals surface area contributed by atoms with Gasteiger partial charge in [0, 0.05) is 11.8 Å². The summed E-state index contributed by atoms with van der Waals surface area (Å²) in [6, 6.07) is 0. The summed E-state index contributed by atoms with van der Waals surface area (Å²) in [6.45, 7) is 9.01. The van der Waals surface area contributed by atoms with Crippen LogP contribution in [0.5, 0.6) is 0 Å². The minimum absolute atomic E-state index is 0.111. The Balaban J connectivity index is 2.00. The van der Waals surface area contributed by atoms with Gasteiger partial charge in [-0.15, -0.1) is 0 Å². The molecule has 2 saturated carbocycles. The molecule has 0 amide bonds. The second-order valence-electron chi connectivity index (χ2n) is 6.95. The number of hydrogen-bond donors (Lipinski definition) is 0. The van der Waals surface area contributed by atoms with E-state index >= 15 is 0 Å². The van der Waals surface area contributed by atoms with Gasteiger partial charge in [-0.05, 0) is 42.9 Å². The molecule has 0 spiro atoms. The molecule has 0 saturated heterocycles. The van der Waals surface area contributed by atoms with E-state index < -0.39 is 0 Å². The second-order valence-corrected chi connectivity index (χ2v) is 6.95. The fraction of sp³-hybridized carbons (Fsp3) is 0.800. The first kappa shape index (κ1) is 10.6. The summed E-state index contributed by atoms with van der Waals surface area (Å²) in [6.07, 6.45) is 6.88. The lowest BCUT2D eigenvalue weighted by atomic mass is 9.59. The summed E-state index contributed by atoms with van der Waals surface area (Å²) >= 11 is 0. The standard InChI is InChI=1S/C15H22O/c1-10-5-8-15(9-11(10)15)14(4)7-6-12(16)13(14,2)3/h5,11H,6-9H2,1-4H3. The second kappa shape index (κ2) is 2.63. The number of ketones is 1. The van der Waals surface area contributed by atoms with Gasteiger partial charge in [0.25, 0.3) is 0 Å². The van der Waals surface area contributed by atoms with Gasteiger partial charge in [-0.25, -0.2) is 0 Å². The van der Waals surface area contributed by atoms with Crippen molar-refractivity contribution in [2.24, 2.45) is 22.2 Å². The van der Waals surface area contributed by atoms with Crippen LogP contribution in [0.4, 0.5) is 0 Å². The molecule has 3 atom stereocenters. The number of fused-ring (bicyclic) bond motifs is 1. The lowest BCUT2D eigenvalue weighted by molar-refractivity contribution is -0.129. The largest absolute Gasteiger partial charge is 0.299 e. The molecule has 0 heterocycles. The number of hydrogen-bond acceptors (Lipinski definition) is 1. The minimum atomic E-state index is -0.111. The molecule has 0 bridgehead atoms. The quantitative estimate of drug-likeness (QED) is 0.613. The van der Waals surface area contributed by atoms with Gasteiger partial charge in [0.15, 0.2) is 0 Å². The summed E-state index contributed by atoms with van der Waals surface area (Å²) in [7, 11) is 0. The molecular formula is C15H22O. The highest BCUT2D eigenvalue weighted by Crippen LogP contribution is 2.77. The van der Waals surface area contributed by atoms with Crippen molar-refractivity contribution in [1.29, 1.82) is 0 Å². The van der Waals surface area contributed by atoms with Crippen LogP contribution >= 0.6 is 0 Å². The van der Waals surface area contributed by atoms with Crippen molar-refractivity contribution < 1.29 is 4.79 Å². The van der Waals surface area contributed by atoms with E-state index in [-0.39, 0.29) is 10.8 Å². The summed E-state index contributed by atoms with van der Waals surface area (Å²) in [5.41, 5.74) is 2.15. The zero-order valence-electron chi connectivity index (χ0n) is 10.9. The van der Waals surface area contributed by atoms with Gasteiger partial charge in [-0.2, -0.15) is 0 Å². The highest BCUT2D eigenvalue weighted by Gasteiger charge is 2.72. The first-order chi connectivity index (χ1) is 7.35. The average Bonchev–Trinajstić information content (AvgIpc) is 2.84. The van der Waals surface area contributed by atoms with Gasteiger partial charge in [0.2, 0.25) is 0 Å². The molecule has 0 radical (unpaired) electrons. The molecule has 88 valence electrons. The van der Waals surface area contributed by atoms with E-state index in [1.165, 1.54) is 12.8 Å². The predicted molar refractivity (Wildman–Crippen MR) is 65.0 cm³/mol. The van der Waals surface area contributed by atoms with E-state index in [0.29, 0.717) is 11.2 Å². The molecule has 1 heteroatoms. The maximum absolute atomic E-state index is 12.1. The van der Waals surface area contributed by atoms with Gasteiger partial charge in [-0.1, -0.05) is 32.4 Å². The Bertz CT molecular complexity index is 404. The average molecular weight is 218 g/mol. The Kier molecular flexibility index (Phi) is 1.73. The fourth-order valence-electron chi connectivity index (χ4n) is 4.62. The van der Waals surface area contributed by atoms with E-state index in [1.807, 2.05) is 0 Å². The third kappa shape index (κ3) is 0.881. The van der Waals surface area contributed by atoms with Crippen LogP contribution in [0.15, 0.2) is 11.6 Å². The van der Waals surface area contributed by atoms with Gasteiger partial charge < -0.3 is 0 Å². The minimum Gasteiger partial charge on any atom is -0.299 e. The maximum atomic E-state index is 12.1. The van der Waals surface area contributed by atoms with E-state index in [2.05, 4.69) is 33.8 Å². The lowest BCUT2D eigenvalue weighted by Gasteiger charge is -2.44. The Labute approximate surface area is 98.3 Å². The van der Waals surface area contributed by atoms with Crippen molar-refractivity contribution in [1.82, 2.24) is 0 Å². The molecule has 2 fully saturated rings. The van der Waals surface area contributed by atoms with Crippen molar-refractivity contribution in [3.05, 3.63) is 11.6 Å². The summed E-state index contributed by atoms with van der Waals surface area (Å²) in [4.78, 5) is 12.1.